The van der Waals surface area contributed by atoms with E-state index in [-0.39, 0.29) is 5.91 Å². The second-order valence-electron chi connectivity index (χ2n) is 4.40. The van der Waals surface area contributed by atoms with Crippen LogP contribution in [0, 0.1) is 5.92 Å². The molecule has 1 aromatic carbocycles. The maximum absolute atomic E-state index is 12.2. The molecular formula is C13H16BrNO2. The molecule has 1 amide bonds. The maximum Gasteiger partial charge on any atom is 0.254 e. The number of carbonyl (C=O) groups excluding carboxylic acids is 1. The van der Waals surface area contributed by atoms with Gasteiger partial charge in [-0.1, -0.05) is 12.1 Å². The number of ether oxygens (including phenoxy) is 1. The molecule has 0 bridgehead atoms. The van der Waals surface area contributed by atoms with Gasteiger partial charge in [-0.05, 0) is 34.5 Å². The van der Waals surface area contributed by atoms with Gasteiger partial charge in [-0.15, -0.1) is 0 Å². The van der Waals surface area contributed by atoms with Gasteiger partial charge in [-0.3, -0.25) is 4.79 Å². The molecule has 1 aliphatic heterocycles. The van der Waals surface area contributed by atoms with E-state index in [1.807, 2.05) is 31.3 Å². The number of nitrogens with zero attached hydrogens (tertiary/aromatic N) is 1. The average molecular weight is 298 g/mol. The Morgan fingerprint density at radius 1 is 1.53 bits per heavy atom. The molecule has 1 atom stereocenters. The fourth-order valence-electron chi connectivity index (χ4n) is 2.04. The van der Waals surface area contributed by atoms with Crippen LogP contribution in [0.4, 0.5) is 0 Å². The van der Waals surface area contributed by atoms with Gasteiger partial charge in [0.15, 0.2) is 0 Å². The van der Waals surface area contributed by atoms with Crippen molar-refractivity contribution in [3.05, 3.63) is 34.3 Å². The molecule has 17 heavy (non-hydrogen) atoms. The molecule has 92 valence electrons. The first kappa shape index (κ1) is 12.6. The van der Waals surface area contributed by atoms with Crippen molar-refractivity contribution in [2.24, 2.45) is 5.92 Å². The van der Waals surface area contributed by atoms with Crippen LogP contribution >= 0.6 is 15.9 Å². The van der Waals surface area contributed by atoms with Crippen molar-refractivity contribution in [2.45, 2.75) is 6.42 Å². The molecule has 0 N–H and O–H groups in total. The summed E-state index contributed by atoms with van der Waals surface area (Å²) in [6.45, 7) is 2.36. The first-order chi connectivity index (χ1) is 8.18. The zero-order chi connectivity index (χ0) is 12.3. The number of carbonyl (C=O) groups is 1. The monoisotopic (exact) mass is 297 g/mol. The van der Waals surface area contributed by atoms with Crippen molar-refractivity contribution >= 4 is 21.8 Å². The number of rotatable bonds is 3. The molecule has 1 heterocycles. The lowest BCUT2D eigenvalue weighted by molar-refractivity contribution is 0.0765. The SMILES string of the molecule is CN(CC1CCOC1)C(=O)c1ccccc1Br. The molecule has 0 aromatic heterocycles. The minimum Gasteiger partial charge on any atom is -0.381 e. The zero-order valence-electron chi connectivity index (χ0n) is 9.86. The van der Waals surface area contributed by atoms with Crippen molar-refractivity contribution < 1.29 is 9.53 Å². The van der Waals surface area contributed by atoms with Crippen LogP contribution in [0.3, 0.4) is 0 Å². The van der Waals surface area contributed by atoms with Crippen LogP contribution in [-0.2, 0) is 4.74 Å². The van der Waals surface area contributed by atoms with E-state index in [0.29, 0.717) is 11.5 Å². The van der Waals surface area contributed by atoms with Crippen molar-refractivity contribution in [3.63, 3.8) is 0 Å². The lowest BCUT2D eigenvalue weighted by atomic mass is 10.1. The normalized spacial score (nSPS) is 19.3. The molecule has 1 unspecified atom stereocenters. The first-order valence-electron chi connectivity index (χ1n) is 5.76. The Labute approximate surface area is 110 Å². The Kier molecular flexibility index (Phi) is 4.18. The van der Waals surface area contributed by atoms with Gasteiger partial charge >= 0.3 is 0 Å². The van der Waals surface area contributed by atoms with Gasteiger partial charge in [0.2, 0.25) is 0 Å². The number of hydrogen-bond donors (Lipinski definition) is 0. The molecule has 3 nitrogen and oxygen atoms in total. The highest BCUT2D eigenvalue weighted by atomic mass is 79.9. The fraction of sp³-hybridized carbons (Fsp3) is 0.462. The number of hydrogen-bond acceptors (Lipinski definition) is 2. The summed E-state index contributed by atoms with van der Waals surface area (Å²) in [5.74, 6) is 0.538. The highest BCUT2D eigenvalue weighted by Gasteiger charge is 2.21. The lowest BCUT2D eigenvalue weighted by Gasteiger charge is -2.20. The van der Waals surface area contributed by atoms with Crippen LogP contribution in [0.1, 0.15) is 16.8 Å². The predicted molar refractivity (Wildman–Crippen MR) is 70.0 cm³/mol. The van der Waals surface area contributed by atoms with Crippen LogP contribution in [-0.4, -0.2) is 37.6 Å². The summed E-state index contributed by atoms with van der Waals surface area (Å²) in [5, 5.41) is 0. The van der Waals surface area contributed by atoms with E-state index in [9.17, 15) is 4.79 Å². The van der Waals surface area contributed by atoms with Crippen LogP contribution in [0.15, 0.2) is 28.7 Å². The summed E-state index contributed by atoms with van der Waals surface area (Å²) in [6.07, 6.45) is 1.05. The molecule has 1 saturated heterocycles. The summed E-state index contributed by atoms with van der Waals surface area (Å²) in [4.78, 5) is 14.0. The van der Waals surface area contributed by atoms with E-state index in [1.54, 1.807) is 4.90 Å². The highest BCUT2D eigenvalue weighted by Crippen LogP contribution is 2.19. The molecule has 4 heteroatoms. The quantitative estimate of drug-likeness (QED) is 0.858. The van der Waals surface area contributed by atoms with E-state index in [2.05, 4.69) is 15.9 Å². The fourth-order valence-corrected chi connectivity index (χ4v) is 2.49. The minimum absolute atomic E-state index is 0.0596. The van der Waals surface area contributed by atoms with Crippen molar-refractivity contribution in [1.29, 1.82) is 0 Å². The third-order valence-electron chi connectivity index (χ3n) is 3.01. The summed E-state index contributed by atoms with van der Waals surface area (Å²) >= 11 is 3.41. The van der Waals surface area contributed by atoms with Crippen molar-refractivity contribution in [3.8, 4) is 0 Å². The molecule has 2 rings (SSSR count). The Morgan fingerprint density at radius 3 is 2.94 bits per heavy atom. The predicted octanol–water partition coefficient (Wildman–Crippen LogP) is 2.56. The number of benzene rings is 1. The number of halogens is 1. The topological polar surface area (TPSA) is 29.5 Å². The molecule has 0 aliphatic carbocycles. The molecule has 1 fully saturated rings. The Morgan fingerprint density at radius 2 is 2.29 bits per heavy atom. The van der Waals surface area contributed by atoms with Gasteiger partial charge in [0, 0.05) is 30.6 Å². The van der Waals surface area contributed by atoms with Crippen LogP contribution in [0.5, 0.6) is 0 Å². The van der Waals surface area contributed by atoms with E-state index in [0.717, 1.165) is 30.7 Å². The van der Waals surface area contributed by atoms with Gasteiger partial charge in [0.25, 0.3) is 5.91 Å². The molecule has 0 saturated carbocycles. The summed E-state index contributed by atoms with van der Waals surface area (Å²) < 4.78 is 6.17. The Bertz CT molecular complexity index is 402. The van der Waals surface area contributed by atoms with Gasteiger partial charge in [-0.25, -0.2) is 0 Å². The van der Waals surface area contributed by atoms with Crippen LogP contribution in [0.2, 0.25) is 0 Å². The van der Waals surface area contributed by atoms with Crippen LogP contribution in [0.25, 0.3) is 0 Å². The summed E-state index contributed by atoms with van der Waals surface area (Å²) in [6, 6.07) is 7.52. The Balaban J connectivity index is 2.01. The molecular weight excluding hydrogens is 282 g/mol. The van der Waals surface area contributed by atoms with E-state index in [1.165, 1.54) is 0 Å². The molecule has 1 aromatic rings. The van der Waals surface area contributed by atoms with Gasteiger partial charge in [0.05, 0.1) is 12.2 Å². The number of amides is 1. The summed E-state index contributed by atoms with van der Waals surface area (Å²) in [7, 11) is 1.85. The third-order valence-corrected chi connectivity index (χ3v) is 3.70. The second-order valence-corrected chi connectivity index (χ2v) is 5.25. The first-order valence-corrected chi connectivity index (χ1v) is 6.55. The molecule has 0 spiro atoms. The standard InChI is InChI=1S/C13H16BrNO2/c1-15(8-10-6-7-17-9-10)13(16)11-4-2-3-5-12(11)14/h2-5,10H,6-9H2,1H3. The maximum atomic E-state index is 12.2. The largest absolute Gasteiger partial charge is 0.381 e. The smallest absolute Gasteiger partial charge is 0.254 e. The van der Waals surface area contributed by atoms with Gasteiger partial charge in [0.1, 0.15) is 0 Å². The van der Waals surface area contributed by atoms with E-state index < -0.39 is 0 Å². The van der Waals surface area contributed by atoms with Crippen molar-refractivity contribution in [2.75, 3.05) is 26.8 Å². The summed E-state index contributed by atoms with van der Waals surface area (Å²) in [5.41, 5.74) is 0.717. The Hall–Kier alpha value is -0.870. The zero-order valence-corrected chi connectivity index (χ0v) is 11.4. The van der Waals surface area contributed by atoms with Gasteiger partial charge in [-0.2, -0.15) is 0 Å². The van der Waals surface area contributed by atoms with E-state index in [4.69, 9.17) is 4.74 Å². The lowest BCUT2D eigenvalue weighted by Crippen LogP contribution is -2.32. The molecule has 1 aliphatic rings. The highest BCUT2D eigenvalue weighted by molar-refractivity contribution is 9.10. The van der Waals surface area contributed by atoms with E-state index >= 15 is 0 Å². The third kappa shape index (κ3) is 3.07. The molecule has 0 radical (unpaired) electrons. The average Bonchev–Trinajstić information content (AvgIpc) is 2.81. The van der Waals surface area contributed by atoms with Crippen molar-refractivity contribution in [1.82, 2.24) is 4.90 Å². The minimum atomic E-state index is 0.0596. The second kappa shape index (κ2) is 5.65. The van der Waals surface area contributed by atoms with Crippen LogP contribution < -0.4 is 0 Å². The van der Waals surface area contributed by atoms with Gasteiger partial charge < -0.3 is 9.64 Å².